The molecule has 2 heterocycles. The van der Waals surface area contributed by atoms with E-state index in [0.717, 1.165) is 16.6 Å². The van der Waals surface area contributed by atoms with Crippen molar-refractivity contribution in [1.29, 1.82) is 0 Å². The molecule has 0 radical (unpaired) electrons. The molecule has 2 aromatic rings. The number of aromatic nitrogens is 2. The molecule has 0 fully saturated rings. The zero-order valence-electron chi connectivity index (χ0n) is 10.8. The highest BCUT2D eigenvalue weighted by molar-refractivity contribution is 7.13. The van der Waals surface area contributed by atoms with Crippen molar-refractivity contribution in [2.24, 2.45) is 0 Å². The molecule has 0 unspecified atom stereocenters. The van der Waals surface area contributed by atoms with Crippen molar-refractivity contribution in [3.8, 4) is 0 Å². The Morgan fingerprint density at radius 1 is 1.58 bits per heavy atom. The Bertz CT molecular complexity index is 550. The quantitative estimate of drug-likeness (QED) is 0.818. The molecule has 0 aromatic carbocycles. The standard InChI is InChI=1S/C12H15N3O3S/c1-3-17-11(16)5-9-7-19-12(14-9)13-6-10-4-8(2)15-18-10/h4,7H,3,5-6H2,1-2H3,(H,13,14). The Hall–Kier alpha value is -1.89. The van der Waals surface area contributed by atoms with E-state index in [1.807, 2.05) is 18.4 Å². The van der Waals surface area contributed by atoms with E-state index < -0.39 is 0 Å². The van der Waals surface area contributed by atoms with Gasteiger partial charge in [0.1, 0.15) is 0 Å². The van der Waals surface area contributed by atoms with Crippen LogP contribution < -0.4 is 5.32 Å². The van der Waals surface area contributed by atoms with Gasteiger partial charge in [0.15, 0.2) is 10.9 Å². The van der Waals surface area contributed by atoms with Gasteiger partial charge in [-0.25, -0.2) is 4.98 Å². The van der Waals surface area contributed by atoms with E-state index >= 15 is 0 Å². The van der Waals surface area contributed by atoms with Gasteiger partial charge in [0, 0.05) is 11.4 Å². The van der Waals surface area contributed by atoms with Crippen molar-refractivity contribution < 1.29 is 14.1 Å². The Morgan fingerprint density at radius 2 is 2.42 bits per heavy atom. The lowest BCUT2D eigenvalue weighted by molar-refractivity contribution is -0.142. The zero-order chi connectivity index (χ0) is 13.7. The van der Waals surface area contributed by atoms with Crippen molar-refractivity contribution in [3.05, 3.63) is 28.6 Å². The molecule has 0 saturated heterocycles. The van der Waals surface area contributed by atoms with Gasteiger partial charge in [0.05, 0.1) is 31.0 Å². The fourth-order valence-corrected chi connectivity index (χ4v) is 2.20. The van der Waals surface area contributed by atoms with E-state index in [9.17, 15) is 4.79 Å². The fourth-order valence-electron chi connectivity index (χ4n) is 1.49. The Morgan fingerprint density at radius 3 is 3.11 bits per heavy atom. The first kappa shape index (κ1) is 13.5. The van der Waals surface area contributed by atoms with Crippen molar-refractivity contribution >= 4 is 22.4 Å². The lowest BCUT2D eigenvalue weighted by atomic mass is 10.3. The summed E-state index contributed by atoms with van der Waals surface area (Å²) < 4.78 is 9.95. The zero-order valence-corrected chi connectivity index (χ0v) is 11.6. The molecule has 19 heavy (non-hydrogen) atoms. The van der Waals surface area contributed by atoms with Gasteiger partial charge in [0.2, 0.25) is 0 Å². The second kappa shape index (κ2) is 6.33. The summed E-state index contributed by atoms with van der Waals surface area (Å²) in [6, 6.07) is 1.86. The maximum absolute atomic E-state index is 11.3. The van der Waals surface area contributed by atoms with Crippen LogP contribution in [-0.4, -0.2) is 22.7 Å². The van der Waals surface area contributed by atoms with E-state index in [1.165, 1.54) is 11.3 Å². The first-order valence-electron chi connectivity index (χ1n) is 5.93. The highest BCUT2D eigenvalue weighted by Gasteiger charge is 2.08. The molecule has 0 amide bonds. The van der Waals surface area contributed by atoms with Crippen LogP contribution in [0.4, 0.5) is 5.13 Å². The summed E-state index contributed by atoms with van der Waals surface area (Å²) in [6.07, 6.45) is 0.202. The summed E-state index contributed by atoms with van der Waals surface area (Å²) in [7, 11) is 0. The number of anilines is 1. The van der Waals surface area contributed by atoms with Crippen LogP contribution in [0.1, 0.15) is 24.1 Å². The molecule has 2 aromatic heterocycles. The van der Waals surface area contributed by atoms with E-state index in [4.69, 9.17) is 9.26 Å². The van der Waals surface area contributed by atoms with Gasteiger partial charge < -0.3 is 14.6 Å². The van der Waals surface area contributed by atoms with Crippen molar-refractivity contribution in [3.63, 3.8) is 0 Å². The second-order valence-electron chi connectivity index (χ2n) is 3.91. The van der Waals surface area contributed by atoms with Gasteiger partial charge in [-0.2, -0.15) is 0 Å². The van der Waals surface area contributed by atoms with E-state index in [-0.39, 0.29) is 12.4 Å². The normalized spacial score (nSPS) is 10.4. The highest BCUT2D eigenvalue weighted by atomic mass is 32.1. The van der Waals surface area contributed by atoms with Crippen molar-refractivity contribution in [2.75, 3.05) is 11.9 Å². The predicted molar refractivity (Wildman–Crippen MR) is 71.0 cm³/mol. The summed E-state index contributed by atoms with van der Waals surface area (Å²) in [6.45, 7) is 4.56. The topological polar surface area (TPSA) is 77.2 Å². The van der Waals surface area contributed by atoms with Crippen LogP contribution >= 0.6 is 11.3 Å². The Kier molecular flexibility index (Phi) is 4.51. The number of hydrogen-bond acceptors (Lipinski definition) is 7. The molecule has 0 saturated carbocycles. The van der Waals surface area contributed by atoms with Crippen LogP contribution in [0.3, 0.4) is 0 Å². The molecule has 0 bridgehead atoms. The summed E-state index contributed by atoms with van der Waals surface area (Å²) in [5.41, 5.74) is 1.55. The number of nitrogens with zero attached hydrogens (tertiary/aromatic N) is 2. The SMILES string of the molecule is CCOC(=O)Cc1csc(NCc2cc(C)no2)n1. The third kappa shape index (κ3) is 4.06. The minimum Gasteiger partial charge on any atom is -0.466 e. The van der Waals surface area contributed by atoms with Crippen molar-refractivity contribution in [1.82, 2.24) is 10.1 Å². The minimum absolute atomic E-state index is 0.202. The molecule has 1 N–H and O–H groups in total. The molecule has 6 nitrogen and oxygen atoms in total. The summed E-state index contributed by atoms with van der Waals surface area (Å²) in [5.74, 6) is 0.491. The molecule has 0 spiro atoms. The number of ether oxygens (including phenoxy) is 1. The number of esters is 1. The average molecular weight is 281 g/mol. The number of nitrogens with one attached hydrogen (secondary N) is 1. The predicted octanol–water partition coefficient (Wildman–Crippen LogP) is 2.16. The third-order valence-corrected chi connectivity index (χ3v) is 3.12. The Balaban J connectivity index is 1.85. The highest BCUT2D eigenvalue weighted by Crippen LogP contribution is 2.17. The van der Waals surface area contributed by atoms with Gasteiger partial charge in [-0.05, 0) is 13.8 Å². The molecular weight excluding hydrogens is 266 g/mol. The average Bonchev–Trinajstić information content (AvgIpc) is 2.96. The maximum Gasteiger partial charge on any atom is 0.311 e. The number of rotatable bonds is 6. The molecular formula is C12H15N3O3S. The van der Waals surface area contributed by atoms with E-state index in [0.29, 0.717) is 18.8 Å². The minimum atomic E-state index is -0.259. The van der Waals surface area contributed by atoms with Crippen LogP contribution in [0.2, 0.25) is 0 Å². The van der Waals surface area contributed by atoms with E-state index in [2.05, 4.69) is 15.5 Å². The van der Waals surface area contributed by atoms with E-state index in [1.54, 1.807) is 6.92 Å². The molecule has 0 aliphatic rings. The van der Waals surface area contributed by atoms with Crippen LogP contribution in [0.5, 0.6) is 0 Å². The monoisotopic (exact) mass is 281 g/mol. The lowest BCUT2D eigenvalue weighted by Gasteiger charge is -1.99. The smallest absolute Gasteiger partial charge is 0.311 e. The largest absolute Gasteiger partial charge is 0.466 e. The third-order valence-electron chi connectivity index (χ3n) is 2.27. The Labute approximate surface area is 114 Å². The summed E-state index contributed by atoms with van der Waals surface area (Å²) in [4.78, 5) is 15.6. The number of carbonyl (C=O) groups is 1. The summed E-state index contributed by atoms with van der Waals surface area (Å²) >= 11 is 1.44. The molecule has 2 rings (SSSR count). The van der Waals surface area contributed by atoms with Crippen molar-refractivity contribution in [2.45, 2.75) is 26.8 Å². The van der Waals surface area contributed by atoms with Gasteiger partial charge in [-0.1, -0.05) is 5.16 Å². The van der Waals surface area contributed by atoms with Gasteiger partial charge >= 0.3 is 5.97 Å². The van der Waals surface area contributed by atoms with Crippen LogP contribution in [0.15, 0.2) is 16.0 Å². The lowest BCUT2D eigenvalue weighted by Crippen LogP contribution is -2.07. The molecule has 0 atom stereocenters. The van der Waals surface area contributed by atoms with Gasteiger partial charge in [-0.3, -0.25) is 4.79 Å². The summed E-state index contributed by atoms with van der Waals surface area (Å²) in [5, 5.41) is 9.50. The van der Waals surface area contributed by atoms with Crippen LogP contribution in [0.25, 0.3) is 0 Å². The first-order chi connectivity index (χ1) is 9.17. The second-order valence-corrected chi connectivity index (χ2v) is 4.77. The molecule has 0 aliphatic carbocycles. The first-order valence-corrected chi connectivity index (χ1v) is 6.81. The van der Waals surface area contributed by atoms with Crippen LogP contribution in [0, 0.1) is 6.92 Å². The van der Waals surface area contributed by atoms with Crippen LogP contribution in [-0.2, 0) is 22.5 Å². The molecule has 7 heteroatoms. The number of carbonyl (C=O) groups excluding carboxylic acids is 1. The molecule has 0 aliphatic heterocycles. The number of hydrogen-bond donors (Lipinski definition) is 1. The number of aryl methyl sites for hydroxylation is 1. The molecule has 102 valence electrons. The van der Waals surface area contributed by atoms with Gasteiger partial charge in [0.25, 0.3) is 0 Å². The maximum atomic E-state index is 11.3. The van der Waals surface area contributed by atoms with Gasteiger partial charge in [-0.15, -0.1) is 11.3 Å². The number of thiazole rings is 1. The fraction of sp³-hybridized carbons (Fsp3) is 0.417.